The average Bonchev–Trinajstić information content (AvgIpc) is 2.33. The zero-order chi connectivity index (χ0) is 15.5. The van der Waals surface area contributed by atoms with E-state index in [-0.39, 0.29) is 22.6 Å². The average molecular weight is 385 g/mol. The molecule has 5 nitrogen and oxygen atoms in total. The Bertz CT molecular complexity index is 620. The Morgan fingerprint density at radius 2 is 2.00 bits per heavy atom. The standard InChI is InChI=1S/C12H15BrClNO4S/c1-12(2,3)9(16)8-6(4-13)5-20(18,19)11-7(14)10(17)15(8)11/h7,11H,4-5H2,1-3H3/t7-,11+/m0/s1. The number of ketones is 1. The number of nitrogens with zero attached hydrogens (tertiary/aromatic N) is 1. The maximum absolute atomic E-state index is 12.5. The summed E-state index contributed by atoms with van der Waals surface area (Å²) in [5, 5.41) is -1.98. The number of allylic oxidation sites excluding steroid dienone is 1. The predicted molar refractivity (Wildman–Crippen MR) is 79.3 cm³/mol. The molecule has 0 N–H and O–H groups in total. The molecule has 0 aromatic rings. The van der Waals surface area contributed by atoms with Gasteiger partial charge in [-0.3, -0.25) is 14.5 Å². The number of carbonyl (C=O) groups is 2. The Kier molecular flexibility index (Phi) is 3.85. The molecule has 2 atom stereocenters. The van der Waals surface area contributed by atoms with Gasteiger partial charge in [0.25, 0.3) is 0 Å². The molecule has 0 aromatic heterocycles. The fraction of sp³-hybridized carbons (Fsp3) is 0.667. The summed E-state index contributed by atoms with van der Waals surface area (Å²) in [6.07, 6.45) is 0. The molecule has 0 radical (unpaired) electrons. The van der Waals surface area contributed by atoms with Gasteiger partial charge in [-0.15, -0.1) is 11.6 Å². The van der Waals surface area contributed by atoms with Crippen LogP contribution in [0, 0.1) is 5.41 Å². The fourth-order valence-electron chi connectivity index (χ4n) is 2.30. The third kappa shape index (κ3) is 2.23. The molecule has 1 fully saturated rings. The highest BCUT2D eigenvalue weighted by molar-refractivity contribution is 9.09. The van der Waals surface area contributed by atoms with Crippen molar-refractivity contribution in [2.75, 3.05) is 11.1 Å². The van der Waals surface area contributed by atoms with Crippen molar-refractivity contribution in [2.24, 2.45) is 5.41 Å². The smallest absolute Gasteiger partial charge is 0.249 e. The quantitative estimate of drug-likeness (QED) is 0.534. The van der Waals surface area contributed by atoms with E-state index < -0.39 is 31.9 Å². The molecular formula is C12H15BrClNO4S. The van der Waals surface area contributed by atoms with Gasteiger partial charge in [-0.1, -0.05) is 36.7 Å². The first-order chi connectivity index (χ1) is 9.02. The maximum atomic E-state index is 12.5. The molecule has 0 saturated carbocycles. The lowest BCUT2D eigenvalue weighted by Gasteiger charge is -2.48. The minimum Gasteiger partial charge on any atom is -0.292 e. The Morgan fingerprint density at radius 1 is 1.45 bits per heavy atom. The highest BCUT2D eigenvalue weighted by Crippen LogP contribution is 2.41. The number of halogens is 2. The summed E-state index contributed by atoms with van der Waals surface area (Å²) in [7, 11) is -3.55. The molecule has 20 heavy (non-hydrogen) atoms. The molecule has 0 aliphatic carbocycles. The number of hydrogen-bond donors (Lipinski definition) is 0. The minimum absolute atomic E-state index is 0.191. The van der Waals surface area contributed by atoms with Crippen LogP contribution in [0.15, 0.2) is 11.3 Å². The molecule has 0 spiro atoms. The number of amides is 1. The van der Waals surface area contributed by atoms with Crippen LogP contribution in [0.5, 0.6) is 0 Å². The second-order valence-electron chi connectivity index (χ2n) is 5.97. The molecule has 0 aromatic carbocycles. The van der Waals surface area contributed by atoms with Crippen molar-refractivity contribution in [2.45, 2.75) is 31.5 Å². The van der Waals surface area contributed by atoms with Gasteiger partial charge in [-0.25, -0.2) is 8.42 Å². The number of fused-ring (bicyclic) bond motifs is 1. The number of rotatable bonds is 2. The zero-order valence-electron chi connectivity index (χ0n) is 11.3. The van der Waals surface area contributed by atoms with Crippen molar-refractivity contribution < 1.29 is 18.0 Å². The highest BCUT2D eigenvalue weighted by atomic mass is 79.9. The molecule has 2 heterocycles. The van der Waals surface area contributed by atoms with Gasteiger partial charge in [0.05, 0.1) is 11.4 Å². The van der Waals surface area contributed by atoms with E-state index in [0.717, 1.165) is 4.90 Å². The van der Waals surface area contributed by atoms with Gasteiger partial charge < -0.3 is 0 Å². The van der Waals surface area contributed by atoms with E-state index in [2.05, 4.69) is 15.9 Å². The largest absolute Gasteiger partial charge is 0.292 e. The number of Topliss-reactive ketones (excluding diaryl/α,β-unsaturated/α-hetero) is 1. The number of carbonyl (C=O) groups excluding carboxylic acids is 2. The Balaban J connectivity index is 2.60. The van der Waals surface area contributed by atoms with Crippen LogP contribution in [0.25, 0.3) is 0 Å². The van der Waals surface area contributed by atoms with E-state index >= 15 is 0 Å². The van der Waals surface area contributed by atoms with Crippen molar-refractivity contribution in [1.82, 2.24) is 4.90 Å². The summed E-state index contributed by atoms with van der Waals surface area (Å²) in [6, 6.07) is 0. The Labute approximate surface area is 131 Å². The first kappa shape index (κ1) is 16.0. The van der Waals surface area contributed by atoms with Gasteiger partial charge >= 0.3 is 0 Å². The molecule has 1 amide bonds. The highest BCUT2D eigenvalue weighted by Gasteiger charge is 2.59. The van der Waals surface area contributed by atoms with E-state index in [0.29, 0.717) is 5.57 Å². The molecule has 2 aliphatic heterocycles. The molecular weight excluding hydrogens is 370 g/mol. The van der Waals surface area contributed by atoms with Gasteiger partial charge in [0, 0.05) is 10.7 Å². The van der Waals surface area contributed by atoms with Gasteiger partial charge in [-0.2, -0.15) is 0 Å². The van der Waals surface area contributed by atoms with Crippen molar-refractivity contribution >= 4 is 49.1 Å². The number of β-lactam (4-membered cyclic amide) rings is 1. The third-order valence-electron chi connectivity index (χ3n) is 3.35. The minimum atomic E-state index is -3.55. The topological polar surface area (TPSA) is 71.5 Å². The molecule has 2 aliphatic rings. The monoisotopic (exact) mass is 383 g/mol. The van der Waals surface area contributed by atoms with Gasteiger partial charge in [0.1, 0.15) is 5.38 Å². The second kappa shape index (κ2) is 4.81. The van der Waals surface area contributed by atoms with E-state index in [1.54, 1.807) is 20.8 Å². The zero-order valence-corrected chi connectivity index (χ0v) is 14.5. The summed E-state index contributed by atoms with van der Waals surface area (Å²) in [5.74, 6) is -1.01. The van der Waals surface area contributed by atoms with Crippen molar-refractivity contribution in [3.8, 4) is 0 Å². The molecule has 8 heteroatoms. The first-order valence-corrected chi connectivity index (χ1v) is 9.31. The lowest BCUT2D eigenvalue weighted by molar-refractivity contribution is -0.142. The van der Waals surface area contributed by atoms with Crippen LogP contribution < -0.4 is 0 Å². The van der Waals surface area contributed by atoms with E-state index in [1.165, 1.54) is 0 Å². The lowest BCUT2D eigenvalue weighted by Crippen LogP contribution is -2.68. The normalized spacial score (nSPS) is 29.1. The number of sulfone groups is 1. The van der Waals surface area contributed by atoms with Crippen LogP contribution in [-0.4, -0.2) is 46.8 Å². The summed E-state index contributed by atoms with van der Waals surface area (Å²) in [4.78, 5) is 25.5. The molecule has 1 saturated heterocycles. The van der Waals surface area contributed by atoms with Crippen LogP contribution in [0.2, 0.25) is 0 Å². The predicted octanol–water partition coefficient (Wildman–Crippen LogP) is 1.45. The third-order valence-corrected chi connectivity index (χ3v) is 6.58. The lowest BCUT2D eigenvalue weighted by atomic mass is 9.86. The first-order valence-electron chi connectivity index (χ1n) is 6.04. The summed E-state index contributed by atoms with van der Waals surface area (Å²) < 4.78 is 24.3. The van der Waals surface area contributed by atoms with E-state index in [9.17, 15) is 18.0 Å². The number of hydrogen-bond acceptors (Lipinski definition) is 4. The van der Waals surface area contributed by atoms with Crippen molar-refractivity contribution in [3.05, 3.63) is 11.3 Å². The Hall–Kier alpha value is -0.400. The van der Waals surface area contributed by atoms with Crippen molar-refractivity contribution in [1.29, 1.82) is 0 Å². The summed E-state index contributed by atoms with van der Waals surface area (Å²) >= 11 is 9.02. The molecule has 0 bridgehead atoms. The molecule has 112 valence electrons. The van der Waals surface area contributed by atoms with Gasteiger partial charge in [0.15, 0.2) is 21.0 Å². The molecule has 2 rings (SSSR count). The van der Waals surface area contributed by atoms with Gasteiger partial charge in [0.2, 0.25) is 5.91 Å². The van der Waals surface area contributed by atoms with Crippen LogP contribution in [0.4, 0.5) is 0 Å². The summed E-state index contributed by atoms with van der Waals surface area (Å²) in [6.45, 7) is 5.19. The van der Waals surface area contributed by atoms with Crippen LogP contribution in [-0.2, 0) is 19.4 Å². The van der Waals surface area contributed by atoms with Crippen LogP contribution in [0.3, 0.4) is 0 Å². The summed E-state index contributed by atoms with van der Waals surface area (Å²) in [5.41, 5.74) is -0.0966. The Morgan fingerprint density at radius 3 is 2.45 bits per heavy atom. The fourth-order valence-corrected chi connectivity index (χ4v) is 5.62. The molecule has 0 unspecified atom stereocenters. The second-order valence-corrected chi connectivity index (χ2v) is 9.10. The SMILES string of the molecule is CC(C)(C)C(=O)C1=C(CBr)CS(=O)(=O)[C@@H]2[C@@H](Cl)C(=O)N12. The van der Waals surface area contributed by atoms with Crippen LogP contribution in [0.1, 0.15) is 20.8 Å². The van der Waals surface area contributed by atoms with Crippen molar-refractivity contribution in [3.63, 3.8) is 0 Å². The number of alkyl halides is 2. The maximum Gasteiger partial charge on any atom is 0.249 e. The van der Waals surface area contributed by atoms with Crippen LogP contribution >= 0.6 is 27.5 Å². The van der Waals surface area contributed by atoms with E-state index in [4.69, 9.17) is 11.6 Å². The van der Waals surface area contributed by atoms with Gasteiger partial charge in [-0.05, 0) is 5.57 Å². The van der Waals surface area contributed by atoms with E-state index in [1.807, 2.05) is 0 Å².